The molecule has 0 bridgehead atoms. The molecule has 1 aliphatic carbocycles. The van der Waals surface area contributed by atoms with E-state index in [0.717, 1.165) is 25.7 Å². The van der Waals surface area contributed by atoms with Crippen LogP contribution in [0.5, 0.6) is 0 Å². The smallest absolute Gasteiger partial charge is 0.0620 e. The van der Waals surface area contributed by atoms with Crippen molar-refractivity contribution < 1.29 is 4.74 Å². The van der Waals surface area contributed by atoms with Crippen LogP contribution >= 0.6 is 0 Å². The molecule has 3 atom stereocenters. The van der Waals surface area contributed by atoms with Crippen molar-refractivity contribution in [2.45, 2.75) is 57.7 Å². The zero-order valence-electron chi connectivity index (χ0n) is 10.7. The third kappa shape index (κ3) is 3.44. The molecule has 1 aliphatic heterocycles. The monoisotopic (exact) mass is 226 g/mol. The van der Waals surface area contributed by atoms with Crippen LogP contribution in [0.25, 0.3) is 0 Å². The van der Waals surface area contributed by atoms with Gasteiger partial charge in [0.15, 0.2) is 0 Å². The maximum Gasteiger partial charge on any atom is 0.0620 e. The Morgan fingerprint density at radius 3 is 2.75 bits per heavy atom. The summed E-state index contributed by atoms with van der Waals surface area (Å²) in [6, 6.07) is 1.83. The second-order valence-electron chi connectivity index (χ2n) is 5.51. The van der Waals surface area contributed by atoms with Gasteiger partial charge >= 0.3 is 0 Å². The zero-order chi connectivity index (χ0) is 11.4. The first-order valence-corrected chi connectivity index (χ1v) is 6.83. The predicted octanol–water partition coefficient (Wildman–Crippen LogP) is 1.53. The largest absolute Gasteiger partial charge is 0.379 e. The Morgan fingerprint density at radius 1 is 1.38 bits per heavy atom. The highest BCUT2D eigenvalue weighted by Gasteiger charge is 2.25. The van der Waals surface area contributed by atoms with E-state index in [0.29, 0.717) is 18.1 Å². The van der Waals surface area contributed by atoms with Gasteiger partial charge in [-0.25, -0.2) is 0 Å². The number of nitrogens with one attached hydrogen (secondary N) is 2. The molecule has 3 unspecified atom stereocenters. The van der Waals surface area contributed by atoms with Gasteiger partial charge in [0.05, 0.1) is 13.2 Å². The van der Waals surface area contributed by atoms with Crippen LogP contribution in [-0.2, 0) is 4.74 Å². The van der Waals surface area contributed by atoms with Gasteiger partial charge in [-0.15, -0.1) is 0 Å². The van der Waals surface area contributed by atoms with E-state index >= 15 is 0 Å². The van der Waals surface area contributed by atoms with E-state index in [4.69, 9.17) is 4.74 Å². The van der Waals surface area contributed by atoms with Crippen LogP contribution in [0.1, 0.15) is 39.5 Å². The molecule has 0 amide bonds. The minimum atomic E-state index is 0.546. The van der Waals surface area contributed by atoms with Crippen LogP contribution < -0.4 is 10.6 Å². The molecule has 2 N–H and O–H groups in total. The number of ether oxygens (including phenoxy) is 1. The molecule has 0 aromatic carbocycles. The van der Waals surface area contributed by atoms with Crippen LogP contribution in [0.2, 0.25) is 0 Å². The van der Waals surface area contributed by atoms with Crippen molar-refractivity contribution in [2.75, 3.05) is 19.8 Å². The first kappa shape index (κ1) is 12.3. The highest BCUT2D eigenvalue weighted by Crippen LogP contribution is 2.29. The van der Waals surface area contributed by atoms with E-state index in [9.17, 15) is 0 Å². The van der Waals surface area contributed by atoms with Crippen molar-refractivity contribution in [3.05, 3.63) is 0 Å². The van der Waals surface area contributed by atoms with Gasteiger partial charge in [0.1, 0.15) is 0 Å². The fourth-order valence-corrected chi connectivity index (χ4v) is 2.79. The maximum atomic E-state index is 5.48. The minimum Gasteiger partial charge on any atom is -0.379 e. The Balaban J connectivity index is 1.64. The number of rotatable bonds is 5. The van der Waals surface area contributed by atoms with E-state index in [1.54, 1.807) is 0 Å². The molecular weight excluding hydrogens is 200 g/mol. The van der Waals surface area contributed by atoms with Gasteiger partial charge in [-0.2, -0.15) is 0 Å². The molecule has 0 spiro atoms. The normalized spacial score (nSPS) is 30.8. The second-order valence-corrected chi connectivity index (χ2v) is 5.51. The third-order valence-corrected chi connectivity index (χ3v) is 4.04. The lowest BCUT2D eigenvalue weighted by molar-refractivity contribution is 0.0699. The SMILES string of the molecule is CC(CC1COCCN1)NC(C)C1CCC1. The summed E-state index contributed by atoms with van der Waals surface area (Å²) in [5, 5.41) is 7.25. The minimum absolute atomic E-state index is 0.546. The van der Waals surface area contributed by atoms with Gasteiger partial charge < -0.3 is 15.4 Å². The van der Waals surface area contributed by atoms with Crippen LogP contribution in [0, 0.1) is 5.92 Å². The van der Waals surface area contributed by atoms with Gasteiger partial charge in [-0.05, 0) is 39.0 Å². The molecule has 2 rings (SSSR count). The Hall–Kier alpha value is -0.120. The quantitative estimate of drug-likeness (QED) is 0.746. The first-order valence-electron chi connectivity index (χ1n) is 6.83. The van der Waals surface area contributed by atoms with E-state index < -0.39 is 0 Å². The molecule has 94 valence electrons. The third-order valence-electron chi connectivity index (χ3n) is 4.04. The van der Waals surface area contributed by atoms with Crippen LogP contribution in [-0.4, -0.2) is 37.9 Å². The van der Waals surface area contributed by atoms with E-state index in [1.807, 2.05) is 0 Å². The lowest BCUT2D eigenvalue weighted by atomic mass is 9.80. The first-order chi connectivity index (χ1) is 7.75. The predicted molar refractivity (Wildman–Crippen MR) is 66.6 cm³/mol. The molecule has 1 heterocycles. The Kier molecular flexibility index (Phi) is 4.62. The molecule has 1 saturated carbocycles. The molecule has 1 saturated heterocycles. The van der Waals surface area contributed by atoms with Gasteiger partial charge in [0.25, 0.3) is 0 Å². The van der Waals surface area contributed by atoms with Gasteiger partial charge in [0, 0.05) is 24.7 Å². The molecule has 2 aliphatic rings. The summed E-state index contributed by atoms with van der Waals surface area (Å²) >= 11 is 0. The summed E-state index contributed by atoms with van der Waals surface area (Å²) in [6.45, 7) is 7.40. The highest BCUT2D eigenvalue weighted by molar-refractivity contribution is 4.83. The Bertz CT molecular complexity index is 196. The summed E-state index contributed by atoms with van der Waals surface area (Å²) in [5.74, 6) is 0.929. The lowest BCUT2D eigenvalue weighted by Crippen LogP contribution is -2.48. The Labute approximate surface area is 99.3 Å². The van der Waals surface area contributed by atoms with Crippen LogP contribution in [0.15, 0.2) is 0 Å². The average Bonchev–Trinajstić information content (AvgIpc) is 2.15. The van der Waals surface area contributed by atoms with Gasteiger partial charge in [0.2, 0.25) is 0 Å². The number of morpholine rings is 1. The maximum absolute atomic E-state index is 5.48. The molecule has 0 radical (unpaired) electrons. The fourth-order valence-electron chi connectivity index (χ4n) is 2.79. The van der Waals surface area contributed by atoms with Crippen molar-refractivity contribution >= 4 is 0 Å². The van der Waals surface area contributed by atoms with Crippen molar-refractivity contribution in [1.29, 1.82) is 0 Å². The molecule has 2 fully saturated rings. The molecule has 16 heavy (non-hydrogen) atoms. The molecular formula is C13H26N2O. The van der Waals surface area contributed by atoms with Crippen LogP contribution in [0.3, 0.4) is 0 Å². The highest BCUT2D eigenvalue weighted by atomic mass is 16.5. The average molecular weight is 226 g/mol. The zero-order valence-corrected chi connectivity index (χ0v) is 10.7. The number of hydrogen-bond donors (Lipinski definition) is 2. The summed E-state index contributed by atoms with van der Waals surface area (Å²) < 4.78 is 5.48. The van der Waals surface area contributed by atoms with Gasteiger partial charge in [-0.1, -0.05) is 6.42 Å². The van der Waals surface area contributed by atoms with Gasteiger partial charge in [-0.3, -0.25) is 0 Å². The van der Waals surface area contributed by atoms with Crippen molar-refractivity contribution in [2.24, 2.45) is 5.92 Å². The molecule has 0 aromatic rings. The molecule has 3 nitrogen and oxygen atoms in total. The lowest BCUT2D eigenvalue weighted by Gasteiger charge is -2.35. The standard InChI is InChI=1S/C13H26N2O/c1-10(8-13-9-16-7-6-14-13)15-11(2)12-4-3-5-12/h10-15H,3-9H2,1-2H3. The number of hydrogen-bond acceptors (Lipinski definition) is 3. The summed E-state index contributed by atoms with van der Waals surface area (Å²) in [4.78, 5) is 0. The van der Waals surface area contributed by atoms with Crippen molar-refractivity contribution in [3.63, 3.8) is 0 Å². The topological polar surface area (TPSA) is 33.3 Å². The van der Waals surface area contributed by atoms with Crippen LogP contribution in [0.4, 0.5) is 0 Å². The van der Waals surface area contributed by atoms with Crippen molar-refractivity contribution in [3.8, 4) is 0 Å². The second kappa shape index (κ2) is 5.99. The molecule has 0 aromatic heterocycles. The summed E-state index contributed by atoms with van der Waals surface area (Å²) in [6.07, 6.45) is 5.46. The summed E-state index contributed by atoms with van der Waals surface area (Å²) in [5.41, 5.74) is 0. The molecule has 3 heteroatoms. The van der Waals surface area contributed by atoms with E-state index in [1.165, 1.54) is 25.7 Å². The van der Waals surface area contributed by atoms with E-state index in [-0.39, 0.29) is 0 Å². The Morgan fingerprint density at radius 2 is 2.19 bits per heavy atom. The summed E-state index contributed by atoms with van der Waals surface area (Å²) in [7, 11) is 0. The van der Waals surface area contributed by atoms with Crippen molar-refractivity contribution in [1.82, 2.24) is 10.6 Å². The fraction of sp³-hybridized carbons (Fsp3) is 1.00. The van der Waals surface area contributed by atoms with E-state index in [2.05, 4.69) is 24.5 Å².